The molecule has 0 saturated carbocycles. The maximum Gasteiger partial charge on any atom is -1.00 e. The normalized spacial score (nSPS) is 18.1. The quantitative estimate of drug-likeness (QED) is 0.224. The molecule has 2 unspecified atom stereocenters. The van der Waals surface area contributed by atoms with Gasteiger partial charge in [0.25, 0.3) is 0 Å². The van der Waals surface area contributed by atoms with Crippen molar-refractivity contribution in [1.82, 2.24) is 0 Å². The van der Waals surface area contributed by atoms with Crippen molar-refractivity contribution in [3.63, 3.8) is 0 Å². The molecule has 0 nitrogen and oxygen atoms in total. The van der Waals surface area contributed by atoms with Gasteiger partial charge in [-0.15, -0.1) is 0 Å². The van der Waals surface area contributed by atoms with E-state index in [1.54, 1.807) is 16.7 Å². The number of hydrogen-bond donors (Lipinski definition) is 0. The first-order valence-electron chi connectivity index (χ1n) is 14.5. The standard InChI is InChI=1S/2C17H24P.2ClH.Hf/c1-16(2,3)18(17(4,5)6)15-11-13-9-7-8-10-14(13)12-15;1-3-5-11-18(12-6-4-2)17-13-15-9-7-8-10-16(15)14-17;;;/h7-12H,1-6H3;7-10,13-14H,3-6,11-12H2,1-2H3;2*1H;/q;;;;+2/p-2. The summed E-state index contributed by atoms with van der Waals surface area (Å²) >= 11 is -1.19. The number of hydrogen-bond acceptors (Lipinski definition) is 0. The average Bonchev–Trinajstić information content (AvgIpc) is 3.36. The third-order valence-electron chi connectivity index (χ3n) is 7.67. The summed E-state index contributed by atoms with van der Waals surface area (Å²) in [5.41, 5.74) is 6.41. The van der Waals surface area contributed by atoms with Crippen LogP contribution in [0.25, 0.3) is 12.2 Å². The van der Waals surface area contributed by atoms with E-state index in [-0.39, 0.29) is 40.7 Å². The predicted molar refractivity (Wildman–Crippen MR) is 167 cm³/mol. The fraction of sp³-hybridized carbons (Fsp3) is 0.529. The average molecular weight is 768 g/mol. The van der Waals surface area contributed by atoms with Gasteiger partial charge in [0.15, 0.2) is 0 Å². The number of allylic oxidation sites excluding steroid dienone is 2. The van der Waals surface area contributed by atoms with Crippen molar-refractivity contribution in [1.29, 1.82) is 0 Å². The van der Waals surface area contributed by atoms with Gasteiger partial charge in [0, 0.05) is 0 Å². The second-order valence-electron chi connectivity index (χ2n) is 12.8. The fourth-order valence-corrected chi connectivity index (χ4v) is 24.4. The molecule has 0 saturated heterocycles. The van der Waals surface area contributed by atoms with E-state index in [4.69, 9.17) is 0 Å². The topological polar surface area (TPSA) is 0 Å². The molecule has 0 fully saturated rings. The first-order chi connectivity index (χ1) is 17.6. The smallest absolute Gasteiger partial charge is 1.00 e. The molecule has 0 N–H and O–H groups in total. The van der Waals surface area contributed by atoms with Crippen molar-refractivity contribution >= 4 is 28.0 Å². The number of benzene rings is 2. The van der Waals surface area contributed by atoms with E-state index in [9.17, 15) is 0 Å². The number of fused-ring (bicyclic) bond motifs is 2. The van der Waals surface area contributed by atoms with Crippen LogP contribution in [-0.4, -0.2) is 22.6 Å². The molecule has 0 radical (unpaired) electrons. The largest absolute Gasteiger partial charge is 1.00 e. The fourth-order valence-electron chi connectivity index (χ4n) is 6.45. The maximum absolute atomic E-state index is 2.69. The van der Waals surface area contributed by atoms with Crippen molar-refractivity contribution in [2.24, 2.45) is 0 Å². The molecular formula is C34H48Cl2HfP2. The van der Waals surface area contributed by atoms with E-state index in [0.29, 0.717) is 10.3 Å². The minimum absolute atomic E-state index is 0. The molecule has 2 aliphatic rings. The zero-order chi connectivity index (χ0) is 26.8. The molecule has 4 rings (SSSR count). The Hall–Kier alpha value is 0.230. The third-order valence-corrected chi connectivity index (χ3v) is 22.7. The first kappa shape index (κ1) is 35.4. The van der Waals surface area contributed by atoms with Crippen LogP contribution in [0.4, 0.5) is 0 Å². The third kappa shape index (κ3) is 8.20. The Labute approximate surface area is 266 Å². The number of unbranched alkanes of at least 4 members (excludes halogenated alkanes) is 2. The summed E-state index contributed by atoms with van der Waals surface area (Å²) in [5.74, 6) is 0. The monoisotopic (exact) mass is 768 g/mol. The summed E-state index contributed by atoms with van der Waals surface area (Å²) in [6.07, 6.45) is 13.6. The molecule has 0 aromatic heterocycles. The predicted octanol–water partition coefficient (Wildman–Crippen LogP) is 5.43. The Morgan fingerprint density at radius 2 is 1.05 bits per heavy atom. The van der Waals surface area contributed by atoms with Crippen LogP contribution in [-0.2, 0) is 22.9 Å². The molecule has 2 aromatic rings. The van der Waals surface area contributed by atoms with E-state index < -0.39 is 22.9 Å². The van der Waals surface area contributed by atoms with Gasteiger partial charge in [0.1, 0.15) is 0 Å². The van der Waals surface area contributed by atoms with Gasteiger partial charge in [-0.1, -0.05) is 0 Å². The van der Waals surface area contributed by atoms with Crippen LogP contribution in [0.2, 0.25) is 0 Å². The minimum Gasteiger partial charge on any atom is -1.00 e. The van der Waals surface area contributed by atoms with Crippen LogP contribution in [0.1, 0.15) is 111 Å². The molecule has 212 valence electrons. The summed E-state index contributed by atoms with van der Waals surface area (Å²) in [6, 6.07) is 18.9. The van der Waals surface area contributed by atoms with Crippen LogP contribution in [0.3, 0.4) is 0 Å². The summed E-state index contributed by atoms with van der Waals surface area (Å²) in [5, 5.41) is 4.34. The Balaban J connectivity index is 0.00000267. The Morgan fingerprint density at radius 3 is 1.49 bits per heavy atom. The second-order valence-corrected chi connectivity index (χ2v) is 24.5. The van der Waals surface area contributed by atoms with Crippen molar-refractivity contribution in [2.75, 3.05) is 12.3 Å². The SMILES string of the molecule is CCCCP(CCCC)C1=Cc2ccccc2[CH]1[Hf+2][CH]1C(P(C(C)(C)C)C(C)(C)C)=Cc2ccccc21.[Cl-].[Cl-]. The molecule has 0 heterocycles. The molecular weight excluding hydrogens is 720 g/mol. The van der Waals surface area contributed by atoms with Crippen molar-refractivity contribution in [3.8, 4) is 0 Å². The van der Waals surface area contributed by atoms with Crippen LogP contribution >= 0.6 is 15.8 Å². The van der Waals surface area contributed by atoms with Crippen LogP contribution in [0.15, 0.2) is 59.2 Å². The molecule has 5 heteroatoms. The Bertz CT molecular complexity index is 1120. The van der Waals surface area contributed by atoms with Crippen LogP contribution in [0.5, 0.6) is 0 Å². The van der Waals surface area contributed by atoms with Gasteiger partial charge in [-0.05, 0) is 0 Å². The molecule has 0 spiro atoms. The van der Waals surface area contributed by atoms with E-state index in [1.807, 2.05) is 10.6 Å². The second kappa shape index (κ2) is 15.1. The first-order valence-corrected chi connectivity index (χ1v) is 21.7. The Morgan fingerprint density at radius 1 is 0.641 bits per heavy atom. The molecule has 39 heavy (non-hydrogen) atoms. The number of halogens is 2. The molecule has 2 atom stereocenters. The van der Waals surface area contributed by atoms with Gasteiger partial charge in [0.05, 0.1) is 0 Å². The van der Waals surface area contributed by atoms with E-state index in [0.717, 1.165) is 7.35 Å². The molecule has 0 bridgehead atoms. The zero-order valence-corrected chi connectivity index (χ0v) is 32.2. The van der Waals surface area contributed by atoms with E-state index in [2.05, 4.69) is 116 Å². The molecule has 2 aromatic carbocycles. The van der Waals surface area contributed by atoms with Gasteiger partial charge in [-0.25, -0.2) is 0 Å². The number of rotatable bonds is 10. The van der Waals surface area contributed by atoms with E-state index in [1.165, 1.54) is 43.6 Å². The van der Waals surface area contributed by atoms with Gasteiger partial charge < -0.3 is 24.8 Å². The maximum atomic E-state index is 2.69. The van der Waals surface area contributed by atoms with Crippen molar-refractivity contribution in [3.05, 3.63) is 81.4 Å². The Kier molecular flexibility index (Phi) is 13.7. The van der Waals surface area contributed by atoms with Gasteiger partial charge >= 0.3 is 243 Å². The molecule has 0 aliphatic heterocycles. The molecule has 2 aliphatic carbocycles. The van der Waals surface area contributed by atoms with Gasteiger partial charge in [0.2, 0.25) is 0 Å². The summed E-state index contributed by atoms with van der Waals surface area (Å²) in [7, 11) is -0.296. The van der Waals surface area contributed by atoms with Crippen molar-refractivity contribution in [2.45, 2.75) is 98.7 Å². The van der Waals surface area contributed by atoms with Crippen LogP contribution < -0.4 is 24.8 Å². The van der Waals surface area contributed by atoms with Gasteiger partial charge in [-0.2, -0.15) is 0 Å². The summed E-state index contributed by atoms with van der Waals surface area (Å²) < 4.78 is 1.47. The van der Waals surface area contributed by atoms with Crippen LogP contribution in [0, 0.1) is 0 Å². The van der Waals surface area contributed by atoms with E-state index >= 15 is 0 Å². The molecule has 0 amide bonds. The minimum atomic E-state index is -1.19. The summed E-state index contributed by atoms with van der Waals surface area (Å²) in [6.45, 7) is 19.8. The summed E-state index contributed by atoms with van der Waals surface area (Å²) in [4.78, 5) is 0. The van der Waals surface area contributed by atoms with Crippen molar-refractivity contribution < 1.29 is 47.7 Å². The van der Waals surface area contributed by atoms with Gasteiger partial charge in [-0.3, -0.25) is 0 Å². The zero-order valence-electron chi connectivity index (χ0n) is 25.3.